The molecule has 0 amide bonds. The molecule has 116 valence electrons. The second-order valence-electron chi connectivity index (χ2n) is 4.51. The summed E-state index contributed by atoms with van der Waals surface area (Å²) in [5.74, 6) is -0.0395. The topological polar surface area (TPSA) is 120 Å². The highest BCUT2D eigenvalue weighted by molar-refractivity contribution is 8.00. The summed E-state index contributed by atoms with van der Waals surface area (Å²) in [4.78, 5) is 40.6. The van der Waals surface area contributed by atoms with E-state index in [0.717, 1.165) is 6.42 Å². The van der Waals surface area contributed by atoms with Crippen LogP contribution in [0.25, 0.3) is 0 Å². The van der Waals surface area contributed by atoms with Crippen LogP contribution >= 0.6 is 11.8 Å². The molecule has 6 nitrogen and oxygen atoms in total. The Morgan fingerprint density at radius 1 is 1.45 bits per heavy atom. The van der Waals surface area contributed by atoms with Gasteiger partial charge in [0.05, 0.1) is 5.25 Å². The van der Waals surface area contributed by atoms with Crippen LogP contribution in [0.15, 0.2) is 0 Å². The van der Waals surface area contributed by atoms with Gasteiger partial charge in [0.15, 0.2) is 11.6 Å². The van der Waals surface area contributed by atoms with Gasteiger partial charge in [0, 0.05) is 12.8 Å². The Hall–Kier alpha value is -1.05. The summed E-state index contributed by atoms with van der Waals surface area (Å²) in [6.45, 7) is 5.70. The monoisotopic (exact) mass is 304 g/mol. The summed E-state index contributed by atoms with van der Waals surface area (Å²) in [5.41, 5.74) is 9.43. The van der Waals surface area contributed by atoms with Crippen LogP contribution in [-0.2, 0) is 19.2 Å². The normalized spacial score (nSPS) is 24.4. The highest BCUT2D eigenvalue weighted by Crippen LogP contribution is 2.27. The summed E-state index contributed by atoms with van der Waals surface area (Å²) in [7, 11) is 0. The minimum absolute atomic E-state index is 0.130. The molecular formula is C13H24N2O4S. The predicted octanol–water partition coefficient (Wildman–Crippen LogP) is 0.107. The van der Waals surface area contributed by atoms with Crippen LogP contribution < -0.4 is 11.5 Å². The molecule has 0 spiro atoms. The minimum atomic E-state index is -1.21. The van der Waals surface area contributed by atoms with Crippen LogP contribution in [0.5, 0.6) is 0 Å². The fourth-order valence-corrected chi connectivity index (χ4v) is 2.26. The van der Waals surface area contributed by atoms with E-state index in [1.165, 1.54) is 18.7 Å². The van der Waals surface area contributed by atoms with Crippen molar-refractivity contribution in [3.05, 3.63) is 0 Å². The molecule has 1 saturated carbocycles. The standard InChI is InChI=1S/C7H11NO2S.C5H11NO.CH2O/c1-7(8)5(9)3-4(11-2)6(7)10;1-5(7)3-2-4-6;1-2/h4H,3,8H2,1-2H3;2-4,6H2,1H3;1H2. The molecule has 7 heteroatoms. The number of ketones is 3. The molecule has 0 aromatic rings. The second-order valence-corrected chi connectivity index (χ2v) is 5.55. The summed E-state index contributed by atoms with van der Waals surface area (Å²) >= 11 is 1.40. The molecule has 1 aliphatic rings. The van der Waals surface area contributed by atoms with Crippen molar-refractivity contribution in [2.24, 2.45) is 11.5 Å². The molecule has 20 heavy (non-hydrogen) atoms. The lowest BCUT2D eigenvalue weighted by atomic mass is 10.0. The number of rotatable bonds is 4. The summed E-state index contributed by atoms with van der Waals surface area (Å²) < 4.78 is 0. The molecule has 0 bridgehead atoms. The third-order valence-corrected chi connectivity index (χ3v) is 3.72. The highest BCUT2D eigenvalue weighted by Gasteiger charge is 2.47. The van der Waals surface area contributed by atoms with Crippen LogP contribution in [0.3, 0.4) is 0 Å². The zero-order chi connectivity index (χ0) is 16.3. The Bertz CT molecular complexity index is 345. The third kappa shape index (κ3) is 6.93. The summed E-state index contributed by atoms with van der Waals surface area (Å²) in [6.07, 6.45) is 3.58. The van der Waals surface area contributed by atoms with Crippen molar-refractivity contribution in [3.8, 4) is 0 Å². The van der Waals surface area contributed by atoms with Crippen LogP contribution in [0, 0.1) is 0 Å². The lowest BCUT2D eigenvalue weighted by Gasteiger charge is -2.12. The molecule has 1 aliphatic carbocycles. The Kier molecular flexibility index (Phi) is 11.4. The number of carbonyl (C=O) groups is 4. The van der Waals surface area contributed by atoms with Gasteiger partial charge in [-0.3, -0.25) is 9.59 Å². The van der Waals surface area contributed by atoms with Gasteiger partial charge in [-0.25, -0.2) is 0 Å². The molecule has 0 aliphatic heterocycles. The van der Waals surface area contributed by atoms with Crippen molar-refractivity contribution >= 4 is 35.9 Å². The fraction of sp³-hybridized carbons (Fsp3) is 0.692. The van der Waals surface area contributed by atoms with Gasteiger partial charge in [-0.2, -0.15) is 11.8 Å². The third-order valence-electron chi connectivity index (χ3n) is 2.77. The molecule has 4 N–H and O–H groups in total. The number of thioether (sulfide) groups is 1. The van der Waals surface area contributed by atoms with Crippen molar-refractivity contribution in [1.29, 1.82) is 0 Å². The number of Topliss-reactive ketones (excluding diaryl/α,β-unsaturated/α-hetero) is 3. The van der Waals surface area contributed by atoms with Gasteiger partial charge < -0.3 is 21.1 Å². The van der Waals surface area contributed by atoms with Crippen LogP contribution in [0.2, 0.25) is 0 Å². The maximum atomic E-state index is 11.3. The largest absolute Gasteiger partial charge is 0.330 e. The Morgan fingerprint density at radius 3 is 2.10 bits per heavy atom. The van der Waals surface area contributed by atoms with Gasteiger partial charge in [-0.15, -0.1) is 0 Å². The van der Waals surface area contributed by atoms with Gasteiger partial charge in [0.2, 0.25) is 0 Å². The maximum absolute atomic E-state index is 11.3. The first-order chi connectivity index (χ1) is 9.27. The van der Waals surface area contributed by atoms with Crippen molar-refractivity contribution in [2.75, 3.05) is 12.8 Å². The van der Waals surface area contributed by atoms with E-state index >= 15 is 0 Å². The first kappa shape index (κ1) is 21.3. The lowest BCUT2D eigenvalue weighted by Crippen LogP contribution is -2.48. The molecule has 0 saturated heterocycles. The van der Waals surface area contributed by atoms with E-state index in [9.17, 15) is 14.4 Å². The lowest BCUT2D eigenvalue weighted by molar-refractivity contribution is -0.128. The number of nitrogens with two attached hydrogens (primary N) is 2. The van der Waals surface area contributed by atoms with Crippen molar-refractivity contribution in [2.45, 2.75) is 43.9 Å². The molecule has 0 aromatic heterocycles. The van der Waals surface area contributed by atoms with E-state index in [1.54, 1.807) is 6.92 Å². The first-order valence-electron chi connectivity index (χ1n) is 6.15. The highest BCUT2D eigenvalue weighted by atomic mass is 32.2. The van der Waals surface area contributed by atoms with Crippen LogP contribution in [-0.4, -0.2) is 47.7 Å². The SMILES string of the molecule is C=O.CC(=O)CCCN.CSC1CC(=O)C(C)(N)C1=O. The van der Waals surface area contributed by atoms with E-state index in [0.29, 0.717) is 19.4 Å². The number of carbonyl (C=O) groups excluding carboxylic acids is 4. The van der Waals surface area contributed by atoms with Crippen LogP contribution in [0.4, 0.5) is 0 Å². The average molecular weight is 304 g/mol. The average Bonchev–Trinajstić information content (AvgIpc) is 2.62. The maximum Gasteiger partial charge on any atom is 0.173 e. The molecule has 1 rings (SSSR count). The van der Waals surface area contributed by atoms with Gasteiger partial charge in [0.25, 0.3) is 0 Å². The van der Waals surface area contributed by atoms with Crippen molar-refractivity contribution < 1.29 is 19.2 Å². The van der Waals surface area contributed by atoms with E-state index in [2.05, 4.69) is 0 Å². The Morgan fingerprint density at radius 2 is 1.95 bits per heavy atom. The zero-order valence-electron chi connectivity index (χ0n) is 12.3. The Balaban J connectivity index is 0. The van der Waals surface area contributed by atoms with Gasteiger partial charge >= 0.3 is 0 Å². The van der Waals surface area contributed by atoms with E-state index in [4.69, 9.17) is 16.3 Å². The number of hydrogen-bond acceptors (Lipinski definition) is 7. The van der Waals surface area contributed by atoms with Crippen LogP contribution in [0.1, 0.15) is 33.1 Å². The van der Waals surface area contributed by atoms with E-state index < -0.39 is 5.54 Å². The molecule has 2 unspecified atom stereocenters. The summed E-state index contributed by atoms with van der Waals surface area (Å²) in [6, 6.07) is 0. The fourth-order valence-electron chi connectivity index (χ4n) is 1.49. The molecule has 0 heterocycles. The molecule has 2 atom stereocenters. The molecule has 1 fully saturated rings. The zero-order valence-corrected chi connectivity index (χ0v) is 13.1. The Labute approximate surface area is 124 Å². The predicted molar refractivity (Wildman–Crippen MR) is 80.6 cm³/mol. The first-order valence-corrected chi connectivity index (χ1v) is 7.43. The smallest absolute Gasteiger partial charge is 0.173 e. The minimum Gasteiger partial charge on any atom is -0.330 e. The quantitative estimate of drug-likeness (QED) is 0.707. The van der Waals surface area contributed by atoms with Gasteiger partial charge in [0.1, 0.15) is 18.1 Å². The number of hydrogen-bond donors (Lipinski definition) is 2. The molecule has 0 radical (unpaired) electrons. The van der Waals surface area contributed by atoms with E-state index in [1.807, 2.05) is 13.0 Å². The van der Waals surface area contributed by atoms with Gasteiger partial charge in [-0.05, 0) is 33.1 Å². The van der Waals surface area contributed by atoms with Gasteiger partial charge in [-0.1, -0.05) is 0 Å². The van der Waals surface area contributed by atoms with Crippen molar-refractivity contribution in [1.82, 2.24) is 0 Å². The molecular weight excluding hydrogens is 280 g/mol. The summed E-state index contributed by atoms with van der Waals surface area (Å²) in [5, 5.41) is -0.211. The second kappa shape index (κ2) is 10.7. The molecule has 0 aromatic carbocycles. The van der Waals surface area contributed by atoms with Crippen molar-refractivity contribution in [3.63, 3.8) is 0 Å². The van der Waals surface area contributed by atoms with E-state index in [-0.39, 0.29) is 22.6 Å².